The summed E-state index contributed by atoms with van der Waals surface area (Å²) in [5, 5.41) is 9.19. The Hall–Kier alpha value is -2.43. The summed E-state index contributed by atoms with van der Waals surface area (Å²) >= 11 is 0. The Balaban J connectivity index is 2.12. The molecule has 2 atom stereocenters. The summed E-state index contributed by atoms with van der Waals surface area (Å²) in [5.41, 5.74) is 0.0669. The molecule has 0 bridgehead atoms. The lowest BCUT2D eigenvalue weighted by Crippen LogP contribution is -2.38. The van der Waals surface area contributed by atoms with Crippen LogP contribution < -0.4 is 14.2 Å². The first-order valence-electron chi connectivity index (χ1n) is 5.83. The predicted octanol–water partition coefficient (Wildman–Crippen LogP) is 2.03. The van der Waals surface area contributed by atoms with Crippen molar-refractivity contribution in [1.29, 1.82) is 0 Å². The fraction of sp³-hybridized carbons (Fsp3) is 0.214. The molecule has 2 unspecified atom stereocenters. The molecule has 0 saturated heterocycles. The third-order valence-corrected chi connectivity index (χ3v) is 3.07. The molecule has 1 N–H and O–H groups in total. The quantitative estimate of drug-likeness (QED) is 0.881. The van der Waals surface area contributed by atoms with E-state index in [1.807, 2.05) is 24.3 Å². The van der Waals surface area contributed by atoms with Crippen molar-refractivity contribution < 1.29 is 24.1 Å². The lowest BCUT2D eigenvalue weighted by Gasteiger charge is -2.33. The normalized spacial score (nSPS) is 22.8. The summed E-state index contributed by atoms with van der Waals surface area (Å²) in [7, 11) is 1.50. The van der Waals surface area contributed by atoms with Gasteiger partial charge in [0, 0.05) is 0 Å². The molecular weight excluding hydrogens is 248 g/mol. The number of aromatic carboxylic acids is 1. The van der Waals surface area contributed by atoms with Crippen LogP contribution in [0.5, 0.6) is 17.2 Å². The monoisotopic (exact) mass is 260 g/mol. The number of carbonyl (C=O) groups is 1. The number of carboxylic acid groups (broad SMARTS) is 1. The van der Waals surface area contributed by atoms with Crippen LogP contribution in [0.1, 0.15) is 10.4 Å². The van der Waals surface area contributed by atoms with Gasteiger partial charge in [0.2, 0.25) is 5.75 Å². The Bertz CT molecular complexity index is 588. The molecule has 0 fully saturated rings. The highest BCUT2D eigenvalue weighted by molar-refractivity contribution is 5.92. The predicted molar refractivity (Wildman–Crippen MR) is 67.1 cm³/mol. The highest BCUT2D eigenvalue weighted by Gasteiger charge is 2.34. The van der Waals surface area contributed by atoms with E-state index in [2.05, 4.69) is 0 Å². The van der Waals surface area contributed by atoms with E-state index >= 15 is 0 Å². The molecule has 5 heteroatoms. The van der Waals surface area contributed by atoms with E-state index in [9.17, 15) is 9.90 Å². The lowest BCUT2D eigenvalue weighted by molar-refractivity contribution is 0.0608. The van der Waals surface area contributed by atoms with Crippen molar-refractivity contribution in [3.63, 3.8) is 0 Å². The van der Waals surface area contributed by atoms with E-state index in [0.717, 1.165) is 0 Å². The van der Waals surface area contributed by atoms with Gasteiger partial charge in [-0.15, -0.1) is 0 Å². The average Bonchev–Trinajstić information content (AvgIpc) is 2.43. The summed E-state index contributed by atoms with van der Waals surface area (Å²) < 4.78 is 16.7. The molecule has 0 saturated carbocycles. The van der Waals surface area contributed by atoms with Crippen molar-refractivity contribution in [2.45, 2.75) is 12.2 Å². The first kappa shape index (κ1) is 11.6. The number of methoxy groups -OCH3 is 1. The average molecular weight is 260 g/mol. The van der Waals surface area contributed by atoms with Crippen molar-refractivity contribution in [1.82, 2.24) is 0 Å². The molecule has 0 aromatic heterocycles. The zero-order chi connectivity index (χ0) is 13.4. The van der Waals surface area contributed by atoms with Gasteiger partial charge in [0.25, 0.3) is 0 Å². The smallest absolute Gasteiger partial charge is 0.339 e. The topological polar surface area (TPSA) is 65.0 Å². The molecule has 1 aliphatic carbocycles. The summed E-state index contributed by atoms with van der Waals surface area (Å²) in [4.78, 5) is 11.2. The molecule has 0 spiro atoms. The van der Waals surface area contributed by atoms with Gasteiger partial charge in [0.1, 0.15) is 5.56 Å². The number of ether oxygens (including phenoxy) is 3. The zero-order valence-electron chi connectivity index (χ0n) is 10.2. The number of hydrogen-bond donors (Lipinski definition) is 1. The SMILES string of the molecule is COc1ccc(C(=O)O)c2c1OC1C=CC=CC1O2. The minimum Gasteiger partial charge on any atom is -0.493 e. The van der Waals surface area contributed by atoms with Crippen molar-refractivity contribution >= 4 is 5.97 Å². The van der Waals surface area contributed by atoms with E-state index in [4.69, 9.17) is 14.2 Å². The van der Waals surface area contributed by atoms with Gasteiger partial charge in [-0.3, -0.25) is 0 Å². The molecule has 5 nitrogen and oxygen atoms in total. The molecule has 3 rings (SSSR count). The van der Waals surface area contributed by atoms with Crippen molar-refractivity contribution in [2.75, 3.05) is 7.11 Å². The molecule has 1 aromatic carbocycles. The van der Waals surface area contributed by atoms with Crippen molar-refractivity contribution in [3.05, 3.63) is 42.0 Å². The third-order valence-electron chi connectivity index (χ3n) is 3.07. The van der Waals surface area contributed by atoms with E-state index in [0.29, 0.717) is 11.5 Å². The fourth-order valence-corrected chi connectivity index (χ4v) is 2.15. The van der Waals surface area contributed by atoms with Crippen LogP contribution in [0.25, 0.3) is 0 Å². The molecule has 0 radical (unpaired) electrons. The van der Waals surface area contributed by atoms with Crippen LogP contribution in [0.4, 0.5) is 0 Å². The number of benzene rings is 1. The number of allylic oxidation sites excluding steroid dienone is 2. The second-order valence-electron chi connectivity index (χ2n) is 4.21. The van der Waals surface area contributed by atoms with E-state index in [-0.39, 0.29) is 23.5 Å². The molecule has 1 aromatic rings. The highest BCUT2D eigenvalue weighted by Crippen LogP contribution is 2.45. The van der Waals surface area contributed by atoms with Gasteiger partial charge in [0.15, 0.2) is 23.7 Å². The molecule has 1 heterocycles. The number of hydrogen-bond acceptors (Lipinski definition) is 4. The summed E-state index contributed by atoms with van der Waals surface area (Å²) in [6.07, 6.45) is 6.82. The summed E-state index contributed by atoms with van der Waals surface area (Å²) in [6, 6.07) is 3.01. The van der Waals surface area contributed by atoms with Crippen LogP contribution in [0.15, 0.2) is 36.4 Å². The first-order chi connectivity index (χ1) is 9.20. The second-order valence-corrected chi connectivity index (χ2v) is 4.21. The zero-order valence-corrected chi connectivity index (χ0v) is 10.2. The lowest BCUT2D eigenvalue weighted by atomic mass is 10.1. The van der Waals surface area contributed by atoms with Crippen LogP contribution in [0.3, 0.4) is 0 Å². The van der Waals surface area contributed by atoms with Crippen LogP contribution in [-0.4, -0.2) is 30.4 Å². The number of carboxylic acids is 1. The maximum Gasteiger partial charge on any atom is 0.339 e. The highest BCUT2D eigenvalue weighted by atomic mass is 16.6. The fourth-order valence-electron chi connectivity index (χ4n) is 2.15. The van der Waals surface area contributed by atoms with Crippen LogP contribution >= 0.6 is 0 Å². The van der Waals surface area contributed by atoms with Gasteiger partial charge in [-0.2, -0.15) is 0 Å². The Labute approximate surface area is 109 Å². The molecule has 98 valence electrons. The maximum absolute atomic E-state index is 11.2. The van der Waals surface area contributed by atoms with Gasteiger partial charge in [-0.1, -0.05) is 12.2 Å². The second kappa shape index (κ2) is 4.35. The van der Waals surface area contributed by atoms with E-state index < -0.39 is 5.97 Å². The van der Waals surface area contributed by atoms with E-state index in [1.54, 1.807) is 6.07 Å². The first-order valence-corrected chi connectivity index (χ1v) is 5.83. The molecule has 1 aliphatic heterocycles. The van der Waals surface area contributed by atoms with Crippen molar-refractivity contribution in [3.8, 4) is 17.2 Å². The minimum absolute atomic E-state index is 0.0669. The Morgan fingerprint density at radius 2 is 1.79 bits per heavy atom. The van der Waals surface area contributed by atoms with E-state index in [1.165, 1.54) is 13.2 Å². The minimum atomic E-state index is -1.06. The van der Waals surface area contributed by atoms with Crippen LogP contribution in [0.2, 0.25) is 0 Å². The largest absolute Gasteiger partial charge is 0.493 e. The molecule has 19 heavy (non-hydrogen) atoms. The van der Waals surface area contributed by atoms with Gasteiger partial charge in [-0.05, 0) is 24.3 Å². The maximum atomic E-state index is 11.2. The van der Waals surface area contributed by atoms with Gasteiger partial charge in [0.05, 0.1) is 7.11 Å². The number of rotatable bonds is 2. The van der Waals surface area contributed by atoms with Crippen molar-refractivity contribution in [2.24, 2.45) is 0 Å². The molecular formula is C14H12O5. The Morgan fingerprint density at radius 1 is 1.16 bits per heavy atom. The Morgan fingerprint density at radius 3 is 2.37 bits per heavy atom. The molecule has 2 aliphatic rings. The van der Waals surface area contributed by atoms with Gasteiger partial charge < -0.3 is 19.3 Å². The van der Waals surface area contributed by atoms with Crippen LogP contribution in [0, 0.1) is 0 Å². The van der Waals surface area contributed by atoms with Gasteiger partial charge >= 0.3 is 5.97 Å². The molecule has 0 amide bonds. The van der Waals surface area contributed by atoms with Crippen LogP contribution in [-0.2, 0) is 0 Å². The Kier molecular flexibility index (Phi) is 2.67. The summed E-state index contributed by atoms with van der Waals surface area (Å²) in [5.74, 6) is -0.0469. The standard InChI is InChI=1S/C14H12O5/c1-17-11-7-6-8(14(15)16)12-13(11)19-10-5-3-2-4-9(10)18-12/h2-7,9-10H,1H3,(H,15,16). The summed E-state index contributed by atoms with van der Waals surface area (Å²) in [6.45, 7) is 0. The third kappa shape index (κ3) is 1.83. The van der Waals surface area contributed by atoms with Gasteiger partial charge in [-0.25, -0.2) is 4.79 Å². The number of fused-ring (bicyclic) bond motifs is 2.